The van der Waals surface area contributed by atoms with Crippen molar-refractivity contribution in [2.75, 3.05) is 6.54 Å². The van der Waals surface area contributed by atoms with Crippen LogP contribution in [0.25, 0.3) is 5.57 Å². The molecule has 0 aromatic heterocycles. The predicted octanol–water partition coefficient (Wildman–Crippen LogP) is 2.97. The fourth-order valence-corrected chi connectivity index (χ4v) is 1.97. The summed E-state index contributed by atoms with van der Waals surface area (Å²) in [6.07, 6.45) is 2.14. The number of allylic oxidation sites excluding steroid dienone is 1. The molecule has 22 heavy (non-hydrogen) atoms. The van der Waals surface area contributed by atoms with Crippen molar-refractivity contribution in [2.45, 2.75) is 39.4 Å². The minimum Gasteiger partial charge on any atom is -0.434 e. The summed E-state index contributed by atoms with van der Waals surface area (Å²) in [6.45, 7) is 0.808. The molecular formula is C16H21F2NO3. The normalized spacial score (nSPS) is 13.1. The second kappa shape index (κ2) is 9.15. The third-order valence-electron chi connectivity index (χ3n) is 3.01. The minimum absolute atomic E-state index is 0.0186. The Balaban J connectivity index is 2.74. The number of aliphatic hydroxyl groups is 1. The lowest BCUT2D eigenvalue weighted by molar-refractivity contribution is -0.116. The van der Waals surface area contributed by atoms with Gasteiger partial charge in [-0.15, -0.1) is 0 Å². The molecule has 122 valence electrons. The van der Waals surface area contributed by atoms with Gasteiger partial charge in [0, 0.05) is 18.2 Å². The maximum atomic E-state index is 12.4. The lowest BCUT2D eigenvalue weighted by Gasteiger charge is -2.12. The molecule has 2 N–H and O–H groups in total. The van der Waals surface area contributed by atoms with Gasteiger partial charge in [0.25, 0.3) is 0 Å². The average Bonchev–Trinajstić information content (AvgIpc) is 2.45. The molecule has 4 nitrogen and oxygen atoms in total. The fraction of sp³-hybridized carbons (Fsp3) is 0.438. The van der Waals surface area contributed by atoms with E-state index in [4.69, 9.17) is 0 Å². The largest absolute Gasteiger partial charge is 0.434 e. The van der Waals surface area contributed by atoms with Gasteiger partial charge in [0.15, 0.2) is 0 Å². The van der Waals surface area contributed by atoms with Crippen molar-refractivity contribution in [2.24, 2.45) is 0 Å². The summed E-state index contributed by atoms with van der Waals surface area (Å²) in [6, 6.07) is 6.27. The maximum absolute atomic E-state index is 12.4. The molecule has 0 aliphatic heterocycles. The molecule has 1 rings (SSSR count). The summed E-state index contributed by atoms with van der Waals surface area (Å²) in [5.74, 6) is -0.371. The van der Waals surface area contributed by atoms with Crippen molar-refractivity contribution in [1.82, 2.24) is 5.32 Å². The molecule has 0 radical (unpaired) electrons. The number of aliphatic hydroxyl groups excluding tert-OH is 1. The Hall–Kier alpha value is -1.95. The number of alkyl halides is 2. The van der Waals surface area contributed by atoms with Gasteiger partial charge >= 0.3 is 6.61 Å². The Labute approximate surface area is 128 Å². The van der Waals surface area contributed by atoms with Gasteiger partial charge in [-0.05, 0) is 25.0 Å². The number of ether oxygens (including phenoxy) is 1. The molecule has 1 aromatic carbocycles. The number of hydrogen-bond donors (Lipinski definition) is 2. The molecule has 0 aliphatic rings. The van der Waals surface area contributed by atoms with E-state index in [9.17, 15) is 18.7 Å². The summed E-state index contributed by atoms with van der Waals surface area (Å²) in [7, 11) is 0. The van der Waals surface area contributed by atoms with Crippen molar-refractivity contribution in [1.29, 1.82) is 0 Å². The van der Waals surface area contributed by atoms with Gasteiger partial charge in [0.1, 0.15) is 5.75 Å². The Morgan fingerprint density at radius 1 is 1.41 bits per heavy atom. The van der Waals surface area contributed by atoms with E-state index in [0.29, 0.717) is 17.6 Å². The van der Waals surface area contributed by atoms with Crippen LogP contribution in [-0.2, 0) is 4.79 Å². The van der Waals surface area contributed by atoms with Gasteiger partial charge in [-0.3, -0.25) is 4.79 Å². The van der Waals surface area contributed by atoms with E-state index in [1.807, 2.05) is 6.92 Å². The summed E-state index contributed by atoms with van der Waals surface area (Å²) >= 11 is 0. The van der Waals surface area contributed by atoms with Crippen LogP contribution in [0.15, 0.2) is 30.3 Å². The van der Waals surface area contributed by atoms with Crippen LogP contribution in [0, 0.1) is 0 Å². The van der Waals surface area contributed by atoms with E-state index in [0.717, 1.165) is 6.42 Å². The smallest absolute Gasteiger partial charge is 0.387 e. The quantitative estimate of drug-likeness (QED) is 0.725. The molecule has 1 aromatic rings. The molecule has 0 saturated heterocycles. The first-order valence-electron chi connectivity index (χ1n) is 7.12. The van der Waals surface area contributed by atoms with Crippen LogP contribution in [0.4, 0.5) is 8.78 Å². The van der Waals surface area contributed by atoms with Crippen LogP contribution in [0.3, 0.4) is 0 Å². The van der Waals surface area contributed by atoms with Gasteiger partial charge in [-0.2, -0.15) is 8.78 Å². The monoisotopic (exact) mass is 313 g/mol. The Morgan fingerprint density at radius 3 is 2.73 bits per heavy atom. The number of nitrogens with one attached hydrogen (secondary N) is 1. The van der Waals surface area contributed by atoms with Crippen LogP contribution in [0.5, 0.6) is 5.75 Å². The second-order valence-electron chi connectivity index (χ2n) is 4.89. The molecule has 1 atom stereocenters. The number of amides is 1. The molecule has 0 bridgehead atoms. The van der Waals surface area contributed by atoms with Crippen LogP contribution in [0.1, 0.15) is 32.3 Å². The Morgan fingerprint density at radius 2 is 2.09 bits per heavy atom. The zero-order valence-electron chi connectivity index (χ0n) is 12.7. The standard InChI is InChI=1S/C16H21F2NO3/c1-3-6-12(20)10-19-15(21)9-11(2)13-7-4-5-8-14(13)22-16(17)18/h4-5,7-9,12,16,20H,3,6,10H2,1-2H3,(H,19,21)/b11-9-. The first kappa shape index (κ1) is 18.1. The fourth-order valence-electron chi connectivity index (χ4n) is 1.97. The van der Waals surface area contributed by atoms with Crippen molar-refractivity contribution >= 4 is 11.5 Å². The lowest BCUT2D eigenvalue weighted by Crippen LogP contribution is -2.30. The van der Waals surface area contributed by atoms with E-state index in [2.05, 4.69) is 10.1 Å². The lowest BCUT2D eigenvalue weighted by atomic mass is 10.1. The van der Waals surface area contributed by atoms with E-state index < -0.39 is 12.7 Å². The van der Waals surface area contributed by atoms with Crippen molar-refractivity contribution < 1.29 is 23.4 Å². The predicted molar refractivity (Wildman–Crippen MR) is 80.6 cm³/mol. The van der Waals surface area contributed by atoms with E-state index >= 15 is 0 Å². The van der Waals surface area contributed by atoms with E-state index in [-0.39, 0.29) is 18.2 Å². The number of carbonyl (C=O) groups is 1. The first-order chi connectivity index (χ1) is 10.4. The molecule has 1 amide bonds. The molecule has 0 fully saturated rings. The van der Waals surface area contributed by atoms with Gasteiger partial charge < -0.3 is 15.2 Å². The topological polar surface area (TPSA) is 58.6 Å². The van der Waals surface area contributed by atoms with Crippen LogP contribution in [0.2, 0.25) is 0 Å². The van der Waals surface area contributed by atoms with Crippen LogP contribution >= 0.6 is 0 Å². The molecular weight excluding hydrogens is 292 g/mol. The van der Waals surface area contributed by atoms with Crippen LogP contribution < -0.4 is 10.1 Å². The number of rotatable bonds is 8. The summed E-state index contributed by atoms with van der Waals surface area (Å²) in [5.41, 5.74) is 0.922. The molecule has 0 spiro atoms. The molecule has 0 heterocycles. The highest BCUT2D eigenvalue weighted by Gasteiger charge is 2.11. The molecule has 6 heteroatoms. The SMILES string of the molecule is CCCC(O)CNC(=O)/C=C(/C)c1ccccc1OC(F)F. The van der Waals surface area contributed by atoms with E-state index in [1.165, 1.54) is 12.1 Å². The van der Waals surface area contributed by atoms with Gasteiger partial charge in [-0.1, -0.05) is 31.5 Å². The highest BCUT2D eigenvalue weighted by molar-refractivity contribution is 5.95. The van der Waals surface area contributed by atoms with Gasteiger partial charge in [-0.25, -0.2) is 0 Å². The molecule has 0 aliphatic carbocycles. The van der Waals surface area contributed by atoms with Gasteiger partial charge in [0.05, 0.1) is 6.10 Å². The highest BCUT2D eigenvalue weighted by Crippen LogP contribution is 2.26. The summed E-state index contributed by atoms with van der Waals surface area (Å²) < 4.78 is 29.2. The molecule has 0 saturated carbocycles. The highest BCUT2D eigenvalue weighted by atomic mass is 19.3. The van der Waals surface area contributed by atoms with Crippen LogP contribution in [-0.4, -0.2) is 30.3 Å². The number of para-hydroxylation sites is 1. The Kier molecular flexibility index (Phi) is 7.52. The zero-order chi connectivity index (χ0) is 16.5. The second-order valence-corrected chi connectivity index (χ2v) is 4.89. The summed E-state index contributed by atoms with van der Waals surface area (Å²) in [5, 5.41) is 12.1. The maximum Gasteiger partial charge on any atom is 0.387 e. The third-order valence-corrected chi connectivity index (χ3v) is 3.01. The van der Waals surface area contributed by atoms with Crippen molar-refractivity contribution in [3.8, 4) is 5.75 Å². The number of halogens is 2. The Bertz CT molecular complexity index is 518. The molecule has 1 unspecified atom stereocenters. The third kappa shape index (κ3) is 6.22. The first-order valence-corrected chi connectivity index (χ1v) is 7.12. The number of carbonyl (C=O) groups excluding carboxylic acids is 1. The minimum atomic E-state index is -2.92. The van der Waals surface area contributed by atoms with E-state index in [1.54, 1.807) is 25.1 Å². The average molecular weight is 313 g/mol. The van der Waals surface area contributed by atoms with Crippen molar-refractivity contribution in [3.05, 3.63) is 35.9 Å². The van der Waals surface area contributed by atoms with Gasteiger partial charge in [0.2, 0.25) is 5.91 Å². The number of hydrogen-bond acceptors (Lipinski definition) is 3. The zero-order valence-corrected chi connectivity index (χ0v) is 12.7. The summed E-state index contributed by atoms with van der Waals surface area (Å²) in [4.78, 5) is 11.8. The van der Waals surface area contributed by atoms with Crippen molar-refractivity contribution in [3.63, 3.8) is 0 Å². The number of benzene rings is 1.